The maximum atomic E-state index is 12.9. The van der Waals surface area contributed by atoms with Crippen LogP contribution < -0.4 is 5.73 Å². The number of nitrogens with two attached hydrogens (primary N) is 1. The molecule has 9 heteroatoms. The molecule has 0 aliphatic carbocycles. The lowest BCUT2D eigenvalue weighted by molar-refractivity contribution is -0.141. The monoisotopic (exact) mass is 298 g/mol. The van der Waals surface area contributed by atoms with Crippen molar-refractivity contribution in [1.29, 1.82) is 0 Å². The Bertz CT molecular complexity index is 502. The highest BCUT2D eigenvalue weighted by Gasteiger charge is 2.36. The second-order valence-electron chi connectivity index (χ2n) is 3.64. The average molecular weight is 298 g/mol. The van der Waals surface area contributed by atoms with Crippen LogP contribution in [0.1, 0.15) is 40.7 Å². The molecule has 0 saturated carbocycles. The van der Waals surface area contributed by atoms with Crippen molar-refractivity contribution in [2.45, 2.75) is 26.1 Å². The van der Waals surface area contributed by atoms with Gasteiger partial charge in [-0.15, -0.1) is 0 Å². The number of hydrogen-bond donors (Lipinski definition) is 1. The van der Waals surface area contributed by atoms with Gasteiger partial charge in [0.15, 0.2) is 0 Å². The van der Waals surface area contributed by atoms with Crippen LogP contribution in [0.5, 0.6) is 0 Å². The summed E-state index contributed by atoms with van der Waals surface area (Å²) in [5, 5.41) is 0. The highest BCUT2D eigenvalue weighted by molar-refractivity contribution is 5.92. The Morgan fingerprint density at radius 1 is 1.45 bits per heavy atom. The topological polar surface area (TPSA) is 65.2 Å². The van der Waals surface area contributed by atoms with E-state index in [9.17, 15) is 26.7 Å². The smallest absolute Gasteiger partial charge is 0.433 e. The summed E-state index contributed by atoms with van der Waals surface area (Å²) in [5.74, 6) is -1.18. The second-order valence-corrected chi connectivity index (χ2v) is 3.64. The summed E-state index contributed by atoms with van der Waals surface area (Å²) in [4.78, 5) is 14.7. The molecule has 2 N–H and O–H groups in total. The lowest BCUT2D eigenvalue weighted by atomic mass is 10.0. The van der Waals surface area contributed by atoms with E-state index in [1.807, 2.05) is 0 Å². The fraction of sp³-hybridized carbons (Fsp3) is 0.455. The molecule has 0 amide bonds. The Labute approximate surface area is 110 Å². The van der Waals surface area contributed by atoms with Crippen molar-refractivity contribution in [3.05, 3.63) is 28.6 Å². The van der Waals surface area contributed by atoms with Gasteiger partial charge >= 0.3 is 12.1 Å². The van der Waals surface area contributed by atoms with Gasteiger partial charge in [-0.25, -0.2) is 18.6 Å². The van der Waals surface area contributed by atoms with Gasteiger partial charge in [-0.3, -0.25) is 0 Å². The van der Waals surface area contributed by atoms with Crippen LogP contribution in [0.25, 0.3) is 0 Å². The van der Waals surface area contributed by atoms with E-state index in [4.69, 9.17) is 5.73 Å². The number of ether oxygens (including phenoxy) is 1. The van der Waals surface area contributed by atoms with E-state index >= 15 is 0 Å². The van der Waals surface area contributed by atoms with E-state index in [0.717, 1.165) is 0 Å². The molecular weight excluding hydrogens is 287 g/mol. The van der Waals surface area contributed by atoms with Crippen molar-refractivity contribution in [2.75, 3.05) is 6.61 Å². The first-order chi connectivity index (χ1) is 9.22. The molecule has 4 nitrogen and oxygen atoms in total. The van der Waals surface area contributed by atoms with Crippen LogP contribution in [0.2, 0.25) is 0 Å². The summed E-state index contributed by atoms with van der Waals surface area (Å²) in [6.07, 6.45) is -8.20. The van der Waals surface area contributed by atoms with E-state index in [1.54, 1.807) is 0 Å². The third kappa shape index (κ3) is 3.41. The van der Waals surface area contributed by atoms with Crippen LogP contribution in [0.15, 0.2) is 6.07 Å². The first-order valence-corrected chi connectivity index (χ1v) is 5.48. The zero-order valence-corrected chi connectivity index (χ0v) is 10.3. The molecular formula is C11H11F5N2O2. The standard InChI is InChI=1S/C11H11F5N2O2/c1-2-20-10(19)8-5(9(12)13)3-7(11(14,15)16)18-6(8)4-17/h3,9H,2,4,17H2,1H3. The van der Waals surface area contributed by atoms with Crippen LogP contribution in [0.4, 0.5) is 22.0 Å². The van der Waals surface area contributed by atoms with Gasteiger partial charge in [0, 0.05) is 12.1 Å². The Hall–Kier alpha value is -1.77. The molecule has 0 bridgehead atoms. The summed E-state index contributed by atoms with van der Waals surface area (Å²) in [6, 6.07) is 0.135. The molecule has 0 aromatic carbocycles. The Balaban J connectivity index is 3.53. The van der Waals surface area contributed by atoms with Gasteiger partial charge in [0.25, 0.3) is 6.43 Å². The van der Waals surface area contributed by atoms with Crippen LogP contribution in [0.3, 0.4) is 0 Å². The van der Waals surface area contributed by atoms with Crippen molar-refractivity contribution in [3.63, 3.8) is 0 Å². The Morgan fingerprint density at radius 3 is 2.45 bits per heavy atom. The summed E-state index contributed by atoms with van der Waals surface area (Å²) in [6.45, 7) is 0.712. The third-order valence-electron chi connectivity index (χ3n) is 2.32. The summed E-state index contributed by atoms with van der Waals surface area (Å²) in [7, 11) is 0. The minimum Gasteiger partial charge on any atom is -0.462 e. The van der Waals surface area contributed by atoms with Gasteiger partial charge < -0.3 is 10.5 Å². The van der Waals surface area contributed by atoms with Crippen molar-refractivity contribution in [3.8, 4) is 0 Å². The number of carbonyl (C=O) groups is 1. The first kappa shape index (κ1) is 16.3. The molecule has 112 valence electrons. The lowest BCUT2D eigenvalue weighted by Crippen LogP contribution is -2.20. The normalized spacial score (nSPS) is 11.8. The molecule has 0 atom stereocenters. The molecule has 1 heterocycles. The number of nitrogens with zero attached hydrogens (tertiary/aromatic N) is 1. The molecule has 1 aromatic rings. The van der Waals surface area contributed by atoms with E-state index in [1.165, 1.54) is 6.92 Å². The maximum absolute atomic E-state index is 12.9. The molecule has 0 radical (unpaired) electrons. The number of alkyl halides is 5. The van der Waals surface area contributed by atoms with Gasteiger partial charge in [-0.1, -0.05) is 0 Å². The van der Waals surface area contributed by atoms with Crippen molar-refractivity contribution in [2.24, 2.45) is 5.73 Å². The average Bonchev–Trinajstić information content (AvgIpc) is 2.36. The third-order valence-corrected chi connectivity index (χ3v) is 2.32. The van der Waals surface area contributed by atoms with Crippen LogP contribution in [-0.2, 0) is 17.5 Å². The molecule has 0 fully saturated rings. The molecule has 1 rings (SSSR count). The van der Waals surface area contributed by atoms with E-state index in [2.05, 4.69) is 9.72 Å². The SMILES string of the molecule is CCOC(=O)c1c(C(F)F)cc(C(F)(F)F)nc1CN. The second kappa shape index (κ2) is 6.12. The van der Waals surface area contributed by atoms with Gasteiger partial charge in [0.2, 0.25) is 0 Å². The minimum atomic E-state index is -4.92. The van der Waals surface area contributed by atoms with Crippen LogP contribution >= 0.6 is 0 Å². The fourth-order valence-corrected chi connectivity index (χ4v) is 1.52. The molecule has 20 heavy (non-hydrogen) atoms. The Morgan fingerprint density at radius 2 is 2.05 bits per heavy atom. The fourth-order valence-electron chi connectivity index (χ4n) is 1.52. The van der Waals surface area contributed by atoms with Gasteiger partial charge in [-0.2, -0.15) is 13.2 Å². The van der Waals surface area contributed by atoms with Gasteiger partial charge in [0.05, 0.1) is 17.9 Å². The van der Waals surface area contributed by atoms with Gasteiger partial charge in [0.1, 0.15) is 5.69 Å². The molecule has 0 aliphatic heterocycles. The van der Waals surface area contributed by atoms with Crippen molar-refractivity contribution < 1.29 is 31.5 Å². The molecule has 0 saturated heterocycles. The summed E-state index contributed by atoms with van der Waals surface area (Å²) in [5.41, 5.74) is 1.28. The number of esters is 1. The quantitative estimate of drug-likeness (QED) is 0.685. The Kier molecular flexibility index (Phi) is 4.98. The number of pyridine rings is 1. The zero-order valence-electron chi connectivity index (χ0n) is 10.3. The first-order valence-electron chi connectivity index (χ1n) is 5.48. The summed E-state index contributed by atoms with van der Waals surface area (Å²) >= 11 is 0. The summed E-state index contributed by atoms with van der Waals surface area (Å²) < 4.78 is 68.0. The maximum Gasteiger partial charge on any atom is 0.433 e. The number of halogens is 5. The highest BCUT2D eigenvalue weighted by atomic mass is 19.4. The number of hydrogen-bond acceptors (Lipinski definition) is 4. The molecule has 0 aliphatic rings. The van der Waals surface area contributed by atoms with Crippen LogP contribution in [0, 0.1) is 0 Å². The predicted molar refractivity (Wildman–Crippen MR) is 58.0 cm³/mol. The van der Waals surface area contributed by atoms with E-state index in [-0.39, 0.29) is 12.7 Å². The molecule has 0 spiro atoms. The molecule has 0 unspecified atom stereocenters. The minimum absolute atomic E-state index is 0.119. The predicted octanol–water partition coefficient (Wildman–Crippen LogP) is 2.67. The van der Waals surface area contributed by atoms with Crippen LogP contribution in [-0.4, -0.2) is 17.6 Å². The van der Waals surface area contributed by atoms with Gasteiger partial charge in [-0.05, 0) is 13.0 Å². The van der Waals surface area contributed by atoms with E-state index < -0.39 is 47.6 Å². The van der Waals surface area contributed by atoms with Crippen molar-refractivity contribution in [1.82, 2.24) is 4.98 Å². The lowest BCUT2D eigenvalue weighted by Gasteiger charge is -2.15. The van der Waals surface area contributed by atoms with E-state index in [0.29, 0.717) is 0 Å². The number of rotatable bonds is 4. The number of aromatic nitrogens is 1. The largest absolute Gasteiger partial charge is 0.462 e. The number of carbonyl (C=O) groups excluding carboxylic acids is 1. The highest BCUT2D eigenvalue weighted by Crippen LogP contribution is 2.33. The molecule has 1 aromatic heterocycles. The zero-order chi connectivity index (χ0) is 15.5. The van der Waals surface area contributed by atoms with Crippen molar-refractivity contribution >= 4 is 5.97 Å².